The van der Waals surface area contributed by atoms with Crippen LogP contribution in [0.2, 0.25) is 0 Å². The van der Waals surface area contributed by atoms with Crippen LogP contribution < -0.4 is 0 Å². The smallest absolute Gasteiger partial charge is 0.229 e. The Labute approximate surface area is 76.8 Å². The standard InChI is InChI=1S/C9H13NOS/c1-7(9(11)10(2)3)8-4-5-12-6-8/h4-7H,1-3H3. The molecule has 0 radical (unpaired) electrons. The van der Waals surface area contributed by atoms with Gasteiger partial charge >= 0.3 is 0 Å². The van der Waals surface area contributed by atoms with Crippen LogP contribution in [0.4, 0.5) is 0 Å². The third kappa shape index (κ3) is 1.85. The van der Waals surface area contributed by atoms with E-state index in [0.29, 0.717) is 0 Å². The molecular weight excluding hydrogens is 170 g/mol. The molecule has 0 spiro atoms. The molecular formula is C9H13NOS. The lowest BCUT2D eigenvalue weighted by Crippen LogP contribution is -2.26. The average molecular weight is 183 g/mol. The van der Waals surface area contributed by atoms with Crippen LogP contribution in [0.5, 0.6) is 0 Å². The molecule has 0 aliphatic heterocycles. The van der Waals surface area contributed by atoms with Crippen molar-refractivity contribution in [3.8, 4) is 0 Å². The second-order valence-corrected chi connectivity index (χ2v) is 3.79. The van der Waals surface area contributed by atoms with Crippen LogP contribution in [0.15, 0.2) is 16.8 Å². The number of amides is 1. The first-order chi connectivity index (χ1) is 5.63. The van der Waals surface area contributed by atoms with Crippen molar-refractivity contribution in [2.24, 2.45) is 0 Å². The molecule has 66 valence electrons. The largest absolute Gasteiger partial charge is 0.348 e. The van der Waals surface area contributed by atoms with Gasteiger partial charge in [0.2, 0.25) is 5.91 Å². The predicted molar refractivity (Wildman–Crippen MR) is 51.4 cm³/mol. The zero-order chi connectivity index (χ0) is 9.14. The highest BCUT2D eigenvalue weighted by molar-refractivity contribution is 7.08. The van der Waals surface area contributed by atoms with Crippen LogP contribution in [-0.4, -0.2) is 24.9 Å². The summed E-state index contributed by atoms with van der Waals surface area (Å²) in [5.41, 5.74) is 1.11. The zero-order valence-corrected chi connectivity index (χ0v) is 8.39. The van der Waals surface area contributed by atoms with Gasteiger partial charge < -0.3 is 4.90 Å². The molecule has 3 heteroatoms. The van der Waals surface area contributed by atoms with Gasteiger partial charge in [0.15, 0.2) is 0 Å². The second-order valence-electron chi connectivity index (χ2n) is 3.01. The molecule has 0 aliphatic carbocycles. The van der Waals surface area contributed by atoms with Crippen molar-refractivity contribution in [2.75, 3.05) is 14.1 Å². The molecule has 1 aromatic rings. The summed E-state index contributed by atoms with van der Waals surface area (Å²) >= 11 is 1.63. The number of carbonyl (C=O) groups is 1. The fraction of sp³-hybridized carbons (Fsp3) is 0.444. The van der Waals surface area contributed by atoms with Gasteiger partial charge in [-0.05, 0) is 29.3 Å². The van der Waals surface area contributed by atoms with E-state index in [1.165, 1.54) is 0 Å². The Morgan fingerprint density at radius 2 is 2.25 bits per heavy atom. The average Bonchev–Trinajstić information content (AvgIpc) is 2.53. The van der Waals surface area contributed by atoms with Gasteiger partial charge in [0.1, 0.15) is 0 Å². The van der Waals surface area contributed by atoms with E-state index in [-0.39, 0.29) is 11.8 Å². The Kier molecular flexibility index (Phi) is 2.87. The lowest BCUT2D eigenvalue weighted by Gasteiger charge is -2.15. The first-order valence-corrected chi connectivity index (χ1v) is 4.80. The second kappa shape index (κ2) is 3.72. The molecule has 0 aliphatic rings. The van der Waals surface area contributed by atoms with Crippen molar-refractivity contribution in [1.29, 1.82) is 0 Å². The van der Waals surface area contributed by atoms with Gasteiger partial charge in [-0.1, -0.05) is 0 Å². The summed E-state index contributed by atoms with van der Waals surface area (Å²) in [5.74, 6) is 0.152. The number of hydrogen-bond acceptors (Lipinski definition) is 2. The van der Waals surface area contributed by atoms with E-state index in [0.717, 1.165) is 5.56 Å². The topological polar surface area (TPSA) is 20.3 Å². The van der Waals surface area contributed by atoms with Crippen molar-refractivity contribution in [1.82, 2.24) is 4.90 Å². The van der Waals surface area contributed by atoms with Crippen LogP contribution >= 0.6 is 11.3 Å². The molecule has 0 fully saturated rings. The number of thiophene rings is 1. The van der Waals surface area contributed by atoms with Crippen LogP contribution in [0.3, 0.4) is 0 Å². The minimum absolute atomic E-state index is 0.00810. The Hall–Kier alpha value is -0.830. The maximum absolute atomic E-state index is 11.5. The maximum atomic E-state index is 11.5. The third-order valence-corrected chi connectivity index (χ3v) is 2.56. The monoisotopic (exact) mass is 183 g/mol. The molecule has 0 saturated carbocycles. The first kappa shape index (κ1) is 9.26. The number of carbonyl (C=O) groups excluding carboxylic acids is 1. The summed E-state index contributed by atoms with van der Waals surface area (Å²) in [4.78, 5) is 13.1. The number of likely N-dealkylation sites (N-methyl/N-ethyl adjacent to an activating group) is 1. The fourth-order valence-electron chi connectivity index (χ4n) is 1.05. The molecule has 1 rings (SSSR count). The third-order valence-electron chi connectivity index (χ3n) is 1.85. The highest BCUT2D eigenvalue weighted by Crippen LogP contribution is 2.19. The molecule has 1 unspecified atom stereocenters. The van der Waals surface area contributed by atoms with E-state index in [2.05, 4.69) is 0 Å². The van der Waals surface area contributed by atoms with Gasteiger partial charge in [-0.15, -0.1) is 0 Å². The minimum atomic E-state index is -0.00810. The van der Waals surface area contributed by atoms with Crippen molar-refractivity contribution in [2.45, 2.75) is 12.8 Å². The molecule has 1 atom stereocenters. The van der Waals surface area contributed by atoms with Crippen LogP contribution in [0, 0.1) is 0 Å². The molecule has 12 heavy (non-hydrogen) atoms. The highest BCUT2D eigenvalue weighted by Gasteiger charge is 2.16. The molecule has 2 nitrogen and oxygen atoms in total. The lowest BCUT2D eigenvalue weighted by molar-refractivity contribution is -0.129. The van der Waals surface area contributed by atoms with E-state index in [9.17, 15) is 4.79 Å². The first-order valence-electron chi connectivity index (χ1n) is 3.86. The number of rotatable bonds is 2. The predicted octanol–water partition coefficient (Wildman–Crippen LogP) is 1.94. The zero-order valence-electron chi connectivity index (χ0n) is 7.57. The summed E-state index contributed by atoms with van der Waals surface area (Å²) in [6, 6.07) is 2.00. The van der Waals surface area contributed by atoms with Crippen molar-refractivity contribution < 1.29 is 4.79 Å². The molecule has 0 saturated heterocycles. The van der Waals surface area contributed by atoms with Crippen molar-refractivity contribution >= 4 is 17.2 Å². The van der Waals surface area contributed by atoms with Crippen molar-refractivity contribution in [3.63, 3.8) is 0 Å². The SMILES string of the molecule is CC(C(=O)N(C)C)c1ccsc1. The van der Waals surface area contributed by atoms with Crippen LogP contribution in [0.25, 0.3) is 0 Å². The van der Waals surface area contributed by atoms with Crippen molar-refractivity contribution in [3.05, 3.63) is 22.4 Å². The van der Waals surface area contributed by atoms with E-state index >= 15 is 0 Å². The van der Waals surface area contributed by atoms with E-state index in [1.807, 2.05) is 23.8 Å². The molecule has 1 heterocycles. The summed E-state index contributed by atoms with van der Waals surface area (Å²) in [7, 11) is 3.57. The van der Waals surface area contributed by atoms with Crippen LogP contribution in [-0.2, 0) is 4.79 Å². The van der Waals surface area contributed by atoms with Gasteiger partial charge in [0.05, 0.1) is 5.92 Å². The highest BCUT2D eigenvalue weighted by atomic mass is 32.1. The summed E-state index contributed by atoms with van der Waals surface area (Å²) in [5, 5.41) is 4.01. The molecule has 1 amide bonds. The van der Waals surface area contributed by atoms with Gasteiger partial charge in [-0.3, -0.25) is 4.79 Å². The summed E-state index contributed by atoms with van der Waals surface area (Å²) in [6.07, 6.45) is 0. The van der Waals surface area contributed by atoms with Gasteiger partial charge in [-0.2, -0.15) is 11.3 Å². The molecule has 0 aromatic carbocycles. The summed E-state index contributed by atoms with van der Waals surface area (Å²) < 4.78 is 0. The minimum Gasteiger partial charge on any atom is -0.348 e. The van der Waals surface area contributed by atoms with E-state index in [1.54, 1.807) is 30.3 Å². The normalized spacial score (nSPS) is 12.6. The fourth-order valence-corrected chi connectivity index (χ4v) is 1.81. The van der Waals surface area contributed by atoms with E-state index < -0.39 is 0 Å². The Morgan fingerprint density at radius 3 is 2.67 bits per heavy atom. The molecule has 0 N–H and O–H groups in total. The Morgan fingerprint density at radius 1 is 1.58 bits per heavy atom. The molecule has 0 bridgehead atoms. The van der Waals surface area contributed by atoms with Gasteiger partial charge in [-0.25, -0.2) is 0 Å². The van der Waals surface area contributed by atoms with Crippen LogP contribution in [0.1, 0.15) is 18.4 Å². The maximum Gasteiger partial charge on any atom is 0.229 e. The summed E-state index contributed by atoms with van der Waals surface area (Å²) in [6.45, 7) is 1.93. The quantitative estimate of drug-likeness (QED) is 0.686. The lowest BCUT2D eigenvalue weighted by atomic mass is 10.0. The van der Waals surface area contributed by atoms with E-state index in [4.69, 9.17) is 0 Å². The Bertz CT molecular complexity index is 254. The molecule has 1 aromatic heterocycles. The van der Waals surface area contributed by atoms with Gasteiger partial charge in [0.25, 0.3) is 0 Å². The Balaban J connectivity index is 2.72. The number of nitrogens with zero attached hydrogens (tertiary/aromatic N) is 1. The number of hydrogen-bond donors (Lipinski definition) is 0. The van der Waals surface area contributed by atoms with Gasteiger partial charge in [0, 0.05) is 14.1 Å².